The number of nitrogens with one attached hydrogen (secondary N) is 1. The fourth-order valence-electron chi connectivity index (χ4n) is 1.49. The minimum absolute atomic E-state index is 0.266. The van der Waals surface area contributed by atoms with Gasteiger partial charge in [-0.15, -0.1) is 10.2 Å². The molecule has 1 atom stereocenters. The van der Waals surface area contributed by atoms with Gasteiger partial charge in [0.05, 0.1) is 0 Å². The first-order valence-corrected chi connectivity index (χ1v) is 8.96. The van der Waals surface area contributed by atoms with Crippen molar-refractivity contribution in [2.75, 3.05) is 11.1 Å². The largest absolute Gasteiger partial charge is 0.481 e. The van der Waals surface area contributed by atoms with Crippen molar-refractivity contribution < 1.29 is 9.53 Å². The molecule has 118 valence electrons. The first-order valence-electron chi connectivity index (χ1n) is 6.78. The van der Waals surface area contributed by atoms with Crippen LogP contribution in [0.5, 0.6) is 5.75 Å². The molecule has 0 fully saturated rings. The highest BCUT2D eigenvalue weighted by Gasteiger charge is 2.17. The lowest BCUT2D eigenvalue weighted by atomic mass is 10.3. The molecular weight excluding hydrogens is 342 g/mol. The van der Waals surface area contributed by atoms with Gasteiger partial charge in [-0.25, -0.2) is 0 Å². The van der Waals surface area contributed by atoms with Gasteiger partial charge >= 0.3 is 0 Å². The second kappa shape index (κ2) is 8.36. The van der Waals surface area contributed by atoms with Crippen LogP contribution < -0.4 is 10.1 Å². The fraction of sp³-hybridized carbons (Fsp3) is 0.357. The second-order valence-electron chi connectivity index (χ2n) is 4.42. The molecular formula is C14H16ClN3O2S2. The van der Waals surface area contributed by atoms with Gasteiger partial charge in [-0.2, -0.15) is 0 Å². The Hall–Kier alpha value is -1.31. The third-order valence-corrected chi connectivity index (χ3v) is 4.99. The van der Waals surface area contributed by atoms with Crippen LogP contribution in [0.15, 0.2) is 28.6 Å². The van der Waals surface area contributed by atoms with Crippen molar-refractivity contribution in [1.82, 2.24) is 10.2 Å². The monoisotopic (exact) mass is 357 g/mol. The van der Waals surface area contributed by atoms with E-state index in [1.807, 2.05) is 0 Å². The van der Waals surface area contributed by atoms with E-state index in [4.69, 9.17) is 16.3 Å². The van der Waals surface area contributed by atoms with E-state index in [1.165, 1.54) is 11.3 Å². The summed E-state index contributed by atoms with van der Waals surface area (Å²) in [5, 5.41) is 11.8. The Balaban J connectivity index is 1.88. The number of halogens is 1. The topological polar surface area (TPSA) is 64.1 Å². The number of benzene rings is 1. The second-order valence-corrected chi connectivity index (χ2v) is 7.18. The van der Waals surface area contributed by atoms with Gasteiger partial charge in [-0.1, -0.05) is 41.6 Å². The van der Waals surface area contributed by atoms with Gasteiger partial charge in [0.25, 0.3) is 5.91 Å². The quantitative estimate of drug-likeness (QED) is 0.597. The Labute approximate surface area is 142 Å². The number of aromatic nitrogens is 2. The van der Waals surface area contributed by atoms with E-state index in [0.29, 0.717) is 15.9 Å². The van der Waals surface area contributed by atoms with Crippen LogP contribution in [0.25, 0.3) is 0 Å². The lowest BCUT2D eigenvalue weighted by Crippen LogP contribution is -2.30. The average Bonchev–Trinajstić information content (AvgIpc) is 2.95. The number of carbonyl (C=O) groups is 1. The summed E-state index contributed by atoms with van der Waals surface area (Å²) in [6.07, 6.45) is 0.426. The molecule has 1 amide bonds. The molecule has 2 aromatic rings. The van der Waals surface area contributed by atoms with Crippen molar-refractivity contribution in [2.45, 2.75) is 30.7 Å². The molecule has 0 aliphatic carbocycles. The Morgan fingerprint density at radius 3 is 2.82 bits per heavy atom. The SMILES string of the molecule is CCCSc1nnc(NC(=O)[C@@H](C)Oc2ccc(Cl)cc2)s1. The van der Waals surface area contributed by atoms with Gasteiger partial charge in [0.2, 0.25) is 5.13 Å². The smallest absolute Gasteiger partial charge is 0.266 e. The fourth-order valence-corrected chi connectivity index (χ4v) is 3.29. The van der Waals surface area contributed by atoms with Crippen molar-refractivity contribution in [2.24, 2.45) is 0 Å². The summed E-state index contributed by atoms with van der Waals surface area (Å²) >= 11 is 8.80. The number of rotatable bonds is 7. The van der Waals surface area contributed by atoms with Crippen LogP contribution in [0.3, 0.4) is 0 Å². The number of nitrogens with zero attached hydrogens (tertiary/aromatic N) is 2. The summed E-state index contributed by atoms with van der Waals surface area (Å²) in [5.41, 5.74) is 0. The van der Waals surface area contributed by atoms with Crippen LogP contribution in [0.2, 0.25) is 5.02 Å². The van der Waals surface area contributed by atoms with Crippen LogP contribution in [-0.4, -0.2) is 28.0 Å². The van der Waals surface area contributed by atoms with E-state index in [0.717, 1.165) is 16.5 Å². The summed E-state index contributed by atoms with van der Waals surface area (Å²) in [6.45, 7) is 3.78. The number of ether oxygens (including phenoxy) is 1. The van der Waals surface area contributed by atoms with E-state index in [2.05, 4.69) is 22.4 Å². The van der Waals surface area contributed by atoms with Crippen LogP contribution in [0.1, 0.15) is 20.3 Å². The molecule has 0 saturated carbocycles. The minimum Gasteiger partial charge on any atom is -0.481 e. The molecule has 5 nitrogen and oxygen atoms in total. The van der Waals surface area contributed by atoms with Crippen LogP contribution >= 0.6 is 34.7 Å². The molecule has 8 heteroatoms. The molecule has 1 aromatic carbocycles. The molecule has 0 saturated heterocycles. The van der Waals surface area contributed by atoms with E-state index in [9.17, 15) is 4.79 Å². The third kappa shape index (κ3) is 5.15. The van der Waals surface area contributed by atoms with Crippen LogP contribution in [0, 0.1) is 0 Å². The first-order chi connectivity index (χ1) is 10.6. The molecule has 0 spiro atoms. The summed E-state index contributed by atoms with van der Waals surface area (Å²) in [7, 11) is 0. The molecule has 0 aliphatic heterocycles. The standard InChI is InChI=1S/C14H16ClN3O2S2/c1-3-8-21-14-18-17-13(22-14)16-12(19)9(2)20-11-6-4-10(15)5-7-11/h4-7,9H,3,8H2,1-2H3,(H,16,17,19)/t9-/m1/s1. The van der Waals surface area contributed by atoms with Gasteiger partial charge in [0.1, 0.15) is 5.75 Å². The highest BCUT2D eigenvalue weighted by Crippen LogP contribution is 2.26. The number of anilines is 1. The summed E-state index contributed by atoms with van der Waals surface area (Å²) in [6, 6.07) is 6.86. The zero-order chi connectivity index (χ0) is 15.9. The Bertz CT molecular complexity index is 619. The molecule has 1 N–H and O–H groups in total. The number of hydrogen-bond acceptors (Lipinski definition) is 6. The maximum absolute atomic E-state index is 12.1. The van der Waals surface area contributed by atoms with E-state index < -0.39 is 6.10 Å². The van der Waals surface area contributed by atoms with Crippen LogP contribution in [0.4, 0.5) is 5.13 Å². The van der Waals surface area contributed by atoms with Crippen molar-refractivity contribution >= 4 is 45.7 Å². The molecule has 0 unspecified atom stereocenters. The summed E-state index contributed by atoms with van der Waals surface area (Å²) < 4.78 is 6.41. The van der Waals surface area contributed by atoms with Gasteiger partial charge in [0.15, 0.2) is 10.4 Å². The third-order valence-electron chi connectivity index (χ3n) is 2.56. The molecule has 0 bridgehead atoms. The van der Waals surface area contributed by atoms with E-state index in [1.54, 1.807) is 43.0 Å². The summed E-state index contributed by atoms with van der Waals surface area (Å²) in [5.74, 6) is 1.31. The number of amides is 1. The Kier molecular flexibility index (Phi) is 6.48. The predicted octanol–water partition coefficient (Wildman–Crippen LogP) is 4.10. The Morgan fingerprint density at radius 2 is 2.14 bits per heavy atom. The van der Waals surface area contributed by atoms with Gasteiger partial charge in [-0.3, -0.25) is 10.1 Å². The maximum atomic E-state index is 12.1. The van der Waals surface area contributed by atoms with Crippen molar-refractivity contribution in [1.29, 1.82) is 0 Å². The van der Waals surface area contributed by atoms with E-state index in [-0.39, 0.29) is 5.91 Å². The van der Waals surface area contributed by atoms with Crippen molar-refractivity contribution in [3.8, 4) is 5.75 Å². The highest BCUT2D eigenvalue weighted by atomic mass is 35.5. The van der Waals surface area contributed by atoms with Gasteiger partial charge in [0, 0.05) is 10.8 Å². The lowest BCUT2D eigenvalue weighted by Gasteiger charge is -2.13. The Morgan fingerprint density at radius 1 is 1.41 bits per heavy atom. The molecule has 1 heterocycles. The maximum Gasteiger partial charge on any atom is 0.266 e. The highest BCUT2D eigenvalue weighted by molar-refractivity contribution is 8.01. The van der Waals surface area contributed by atoms with Gasteiger partial charge in [-0.05, 0) is 37.6 Å². The number of carbonyl (C=O) groups excluding carboxylic acids is 1. The number of thioether (sulfide) groups is 1. The van der Waals surface area contributed by atoms with Crippen molar-refractivity contribution in [3.63, 3.8) is 0 Å². The number of hydrogen-bond donors (Lipinski definition) is 1. The molecule has 2 rings (SSSR count). The molecule has 0 radical (unpaired) electrons. The predicted molar refractivity (Wildman–Crippen MR) is 91.1 cm³/mol. The van der Waals surface area contributed by atoms with E-state index >= 15 is 0 Å². The zero-order valence-electron chi connectivity index (χ0n) is 12.2. The van der Waals surface area contributed by atoms with Crippen molar-refractivity contribution in [3.05, 3.63) is 29.3 Å². The summed E-state index contributed by atoms with van der Waals surface area (Å²) in [4.78, 5) is 12.1. The lowest BCUT2D eigenvalue weighted by molar-refractivity contribution is -0.122. The zero-order valence-corrected chi connectivity index (χ0v) is 14.6. The minimum atomic E-state index is -0.642. The molecule has 0 aliphatic rings. The van der Waals surface area contributed by atoms with Gasteiger partial charge < -0.3 is 4.74 Å². The molecule has 22 heavy (non-hydrogen) atoms. The normalized spacial score (nSPS) is 12.0. The first kappa shape index (κ1) is 17.1. The molecule has 1 aromatic heterocycles. The average molecular weight is 358 g/mol. The van der Waals surface area contributed by atoms with Crippen LogP contribution in [-0.2, 0) is 4.79 Å².